The third-order valence-electron chi connectivity index (χ3n) is 6.23. The van der Waals surface area contributed by atoms with Crippen LogP contribution in [0.25, 0.3) is 0 Å². The Kier molecular flexibility index (Phi) is 9.47. The summed E-state index contributed by atoms with van der Waals surface area (Å²) in [4.78, 5) is 87.4. The summed E-state index contributed by atoms with van der Waals surface area (Å²) in [6.45, 7) is -0.198. The number of Topliss-reactive ketones (excluding diaryl/α,β-unsaturated/α-hetero) is 1. The van der Waals surface area contributed by atoms with Crippen LogP contribution in [0.5, 0.6) is 17.2 Å². The van der Waals surface area contributed by atoms with E-state index in [1.807, 2.05) is 0 Å². The van der Waals surface area contributed by atoms with Crippen molar-refractivity contribution < 1.29 is 52.9 Å². The smallest absolute Gasteiger partial charge is 0.358 e. The van der Waals surface area contributed by atoms with E-state index in [4.69, 9.17) is 19.3 Å². The lowest BCUT2D eigenvalue weighted by molar-refractivity contribution is -0.155. The number of urea groups is 1. The van der Waals surface area contributed by atoms with E-state index >= 15 is 0 Å². The van der Waals surface area contributed by atoms with Gasteiger partial charge in [0.1, 0.15) is 12.3 Å². The van der Waals surface area contributed by atoms with E-state index in [2.05, 4.69) is 10.7 Å². The van der Waals surface area contributed by atoms with Crippen molar-refractivity contribution in [2.75, 3.05) is 34.4 Å². The number of hydrogen-bond donors (Lipinski definition) is 3. The van der Waals surface area contributed by atoms with Crippen molar-refractivity contribution in [1.82, 2.24) is 25.8 Å². The zero-order valence-corrected chi connectivity index (χ0v) is 22.0. The highest BCUT2D eigenvalue weighted by Crippen LogP contribution is 2.38. The minimum atomic E-state index is -1.36. The summed E-state index contributed by atoms with van der Waals surface area (Å²) in [6.07, 6.45) is -0.227. The van der Waals surface area contributed by atoms with Gasteiger partial charge in [-0.2, -0.15) is 0 Å². The Bertz CT molecular complexity index is 1190. The van der Waals surface area contributed by atoms with Crippen LogP contribution in [0.15, 0.2) is 12.1 Å². The molecule has 216 valence electrons. The maximum absolute atomic E-state index is 13.5. The van der Waals surface area contributed by atoms with Gasteiger partial charge in [0, 0.05) is 18.5 Å². The SMILES string of the molecule is COc1cc(C(=O)C(=O)NN2CCC(=O)N3CCCC(C(=O)NC(C=O)CC(=O)O)N3C2=O)cc(OC)c1OC. The average molecular weight is 564 g/mol. The van der Waals surface area contributed by atoms with E-state index in [-0.39, 0.29) is 55.0 Å². The minimum Gasteiger partial charge on any atom is -0.493 e. The molecule has 16 nitrogen and oxygen atoms in total. The van der Waals surface area contributed by atoms with Crippen molar-refractivity contribution in [3.8, 4) is 17.2 Å². The van der Waals surface area contributed by atoms with E-state index in [9.17, 15) is 33.6 Å². The molecule has 3 N–H and O–H groups in total. The number of amides is 5. The van der Waals surface area contributed by atoms with E-state index in [1.165, 1.54) is 33.5 Å². The lowest BCUT2D eigenvalue weighted by Gasteiger charge is -2.42. The number of aliphatic carboxylic acids is 1. The summed E-state index contributed by atoms with van der Waals surface area (Å²) in [5.41, 5.74) is 2.06. The first-order chi connectivity index (χ1) is 19.1. The quantitative estimate of drug-likeness (QED) is 0.171. The molecule has 0 aromatic heterocycles. The molecule has 5 amide bonds. The van der Waals surface area contributed by atoms with Crippen LogP contribution in [-0.4, -0.2) is 108 Å². The zero-order chi connectivity index (χ0) is 29.6. The Morgan fingerprint density at radius 1 is 1.07 bits per heavy atom. The van der Waals surface area contributed by atoms with Crippen LogP contribution in [0.2, 0.25) is 0 Å². The monoisotopic (exact) mass is 563 g/mol. The van der Waals surface area contributed by atoms with Crippen LogP contribution in [0.3, 0.4) is 0 Å². The van der Waals surface area contributed by atoms with Crippen LogP contribution >= 0.6 is 0 Å². The van der Waals surface area contributed by atoms with Crippen molar-refractivity contribution in [2.24, 2.45) is 0 Å². The molecule has 2 fully saturated rings. The van der Waals surface area contributed by atoms with Crippen molar-refractivity contribution >= 4 is 41.8 Å². The summed E-state index contributed by atoms with van der Waals surface area (Å²) in [5, 5.41) is 13.9. The summed E-state index contributed by atoms with van der Waals surface area (Å²) < 4.78 is 15.6. The number of benzene rings is 1. The standard InChI is InChI=1S/C24H29N5O11/c1-38-16-9-13(10-17(39-2)21(16)40-3)20(34)23(36)26-27-8-6-18(31)28-7-4-5-15(29(28)24(27)37)22(35)25-14(12-30)11-19(32)33/h9-10,12,14-15H,4-8,11H2,1-3H3,(H,25,35)(H,26,36)(H,32,33). The maximum Gasteiger partial charge on any atom is 0.358 e. The molecule has 0 spiro atoms. The van der Waals surface area contributed by atoms with Gasteiger partial charge in [0.25, 0.3) is 5.78 Å². The molecule has 1 aromatic rings. The molecule has 2 heterocycles. The van der Waals surface area contributed by atoms with Gasteiger partial charge in [-0.05, 0) is 25.0 Å². The number of rotatable bonds is 11. The second kappa shape index (κ2) is 12.8. The number of carbonyl (C=O) groups excluding carboxylic acids is 6. The topological polar surface area (TPSA) is 201 Å². The number of nitrogens with one attached hydrogen (secondary N) is 2. The molecule has 2 aliphatic rings. The molecule has 0 bridgehead atoms. The summed E-state index contributed by atoms with van der Waals surface area (Å²) in [7, 11) is 4.02. The normalized spacial score (nSPS) is 17.7. The predicted octanol–water partition coefficient (Wildman–Crippen LogP) is -0.882. The third kappa shape index (κ3) is 6.22. The molecule has 2 atom stereocenters. The molecule has 40 heavy (non-hydrogen) atoms. The highest BCUT2D eigenvalue weighted by molar-refractivity contribution is 6.43. The van der Waals surface area contributed by atoms with Crippen molar-refractivity contribution in [1.29, 1.82) is 0 Å². The van der Waals surface area contributed by atoms with E-state index in [0.717, 1.165) is 15.0 Å². The molecule has 2 aliphatic heterocycles. The fourth-order valence-electron chi connectivity index (χ4n) is 4.33. The van der Waals surface area contributed by atoms with Gasteiger partial charge in [0.05, 0.1) is 40.3 Å². The molecule has 1 aromatic carbocycles. The molecule has 0 saturated carbocycles. The number of fused-ring (bicyclic) bond motifs is 1. The van der Waals surface area contributed by atoms with E-state index < -0.39 is 54.0 Å². The molecular weight excluding hydrogens is 534 g/mol. The van der Waals surface area contributed by atoms with Gasteiger partial charge in [-0.25, -0.2) is 19.8 Å². The lowest BCUT2D eigenvalue weighted by Crippen LogP contribution is -2.65. The second-order valence-corrected chi connectivity index (χ2v) is 8.74. The molecule has 0 aliphatic carbocycles. The summed E-state index contributed by atoms with van der Waals surface area (Å²) in [5.74, 6) is -4.56. The Labute approximate surface area is 228 Å². The Morgan fingerprint density at radius 3 is 2.27 bits per heavy atom. The number of carboxylic acids is 1. The number of ether oxygens (including phenoxy) is 3. The number of hydrazine groups is 2. The van der Waals surface area contributed by atoms with Gasteiger partial charge < -0.3 is 29.4 Å². The van der Waals surface area contributed by atoms with Crippen LogP contribution in [0.1, 0.15) is 36.0 Å². The number of carbonyl (C=O) groups is 7. The first kappa shape index (κ1) is 29.7. The number of nitrogens with zero attached hydrogens (tertiary/aromatic N) is 3. The molecule has 0 radical (unpaired) electrons. The third-order valence-corrected chi connectivity index (χ3v) is 6.23. The Morgan fingerprint density at radius 2 is 1.73 bits per heavy atom. The van der Waals surface area contributed by atoms with E-state index in [0.29, 0.717) is 6.42 Å². The van der Waals surface area contributed by atoms with Crippen molar-refractivity contribution in [2.45, 2.75) is 37.8 Å². The Hall–Kier alpha value is -4.89. The number of hydrogen-bond acceptors (Lipinski definition) is 10. The molecule has 2 saturated heterocycles. The van der Waals surface area contributed by atoms with Crippen LogP contribution in [0.4, 0.5) is 4.79 Å². The van der Waals surface area contributed by atoms with Crippen LogP contribution in [-0.2, 0) is 24.0 Å². The fourth-order valence-corrected chi connectivity index (χ4v) is 4.33. The minimum absolute atomic E-state index is 0.0894. The molecule has 16 heteroatoms. The highest BCUT2D eigenvalue weighted by atomic mass is 16.5. The van der Waals surface area contributed by atoms with Crippen molar-refractivity contribution in [3.05, 3.63) is 17.7 Å². The van der Waals surface area contributed by atoms with Crippen LogP contribution < -0.4 is 25.0 Å². The van der Waals surface area contributed by atoms with E-state index in [1.54, 1.807) is 0 Å². The molecular formula is C24H29N5O11. The lowest BCUT2D eigenvalue weighted by atomic mass is 10.1. The summed E-state index contributed by atoms with van der Waals surface area (Å²) in [6, 6.07) is -1.11. The summed E-state index contributed by atoms with van der Waals surface area (Å²) >= 11 is 0. The molecule has 2 unspecified atom stereocenters. The average Bonchev–Trinajstić information content (AvgIpc) is 3.07. The first-order valence-electron chi connectivity index (χ1n) is 12.1. The number of carboxylic acid groups (broad SMARTS) is 1. The number of ketones is 1. The first-order valence-corrected chi connectivity index (χ1v) is 12.1. The van der Waals surface area contributed by atoms with Crippen molar-refractivity contribution in [3.63, 3.8) is 0 Å². The van der Waals surface area contributed by atoms with Gasteiger partial charge >= 0.3 is 17.9 Å². The van der Waals surface area contributed by atoms with Gasteiger partial charge in [0.15, 0.2) is 11.5 Å². The number of aldehydes is 1. The van der Waals surface area contributed by atoms with Gasteiger partial charge in [0.2, 0.25) is 17.6 Å². The Balaban J connectivity index is 1.84. The van der Waals surface area contributed by atoms with Gasteiger partial charge in [-0.1, -0.05) is 0 Å². The largest absolute Gasteiger partial charge is 0.493 e. The highest BCUT2D eigenvalue weighted by Gasteiger charge is 2.44. The zero-order valence-electron chi connectivity index (χ0n) is 22.0. The predicted molar refractivity (Wildman–Crippen MR) is 132 cm³/mol. The second-order valence-electron chi connectivity index (χ2n) is 8.74. The van der Waals surface area contributed by atoms with Gasteiger partial charge in [-0.15, -0.1) is 0 Å². The van der Waals surface area contributed by atoms with Gasteiger partial charge in [-0.3, -0.25) is 29.4 Å². The number of methoxy groups -OCH3 is 3. The fraction of sp³-hybridized carbons (Fsp3) is 0.458. The van der Waals surface area contributed by atoms with Crippen LogP contribution in [0, 0.1) is 0 Å². The molecule has 3 rings (SSSR count). The maximum atomic E-state index is 13.5.